The maximum atomic E-state index is 5.84. The van der Waals surface area contributed by atoms with Gasteiger partial charge in [-0.05, 0) is 128 Å². The average molecular weight is 1010 g/mol. The maximum absolute atomic E-state index is 5.84. The van der Waals surface area contributed by atoms with Crippen molar-refractivity contribution in [1.82, 2.24) is 0 Å². The van der Waals surface area contributed by atoms with Crippen LogP contribution in [0.5, 0.6) is 0 Å². The number of benzene rings is 5. The fourth-order valence-corrected chi connectivity index (χ4v) is 13.0. The SMILES string of the molecule is CC=C1C=C(c2ccc3c(c2)C(C)(CCCCCCCC)c2ccccc2-3)C(c2ccc3c(c2)C(CCCCCCCC)(CCCCCCCC)c2ccccc2-3)=Nc2c(Br)ccc(Br)c21. The Morgan fingerprint density at radius 1 is 0.485 bits per heavy atom. The minimum absolute atomic E-state index is 0.0136. The van der Waals surface area contributed by atoms with Crippen molar-refractivity contribution in [2.75, 3.05) is 0 Å². The molecule has 1 unspecified atom stereocenters. The summed E-state index contributed by atoms with van der Waals surface area (Å²) in [6, 6.07) is 37.8. The van der Waals surface area contributed by atoms with Crippen LogP contribution in [0.4, 0.5) is 5.69 Å². The second kappa shape index (κ2) is 22.5. The fraction of sp³-hybridized carbons (Fsp3) is 0.444. The van der Waals surface area contributed by atoms with Crippen molar-refractivity contribution >= 4 is 54.4 Å². The predicted octanol–water partition coefficient (Wildman–Crippen LogP) is 20.6. The van der Waals surface area contributed by atoms with Crippen LogP contribution in [0.3, 0.4) is 0 Å². The van der Waals surface area contributed by atoms with E-state index >= 15 is 0 Å². The van der Waals surface area contributed by atoms with Crippen LogP contribution in [0, 0.1) is 0 Å². The third-order valence-corrected chi connectivity index (χ3v) is 17.0. The van der Waals surface area contributed by atoms with Gasteiger partial charge in [0.15, 0.2) is 0 Å². The van der Waals surface area contributed by atoms with Gasteiger partial charge in [-0.1, -0.05) is 238 Å². The summed E-state index contributed by atoms with van der Waals surface area (Å²) in [7, 11) is 0. The van der Waals surface area contributed by atoms with Crippen LogP contribution in [-0.2, 0) is 10.8 Å². The Kier molecular flexibility index (Phi) is 16.6. The summed E-state index contributed by atoms with van der Waals surface area (Å²) in [4.78, 5) is 5.84. The highest BCUT2D eigenvalue weighted by atomic mass is 79.9. The van der Waals surface area contributed by atoms with Crippen LogP contribution >= 0.6 is 31.9 Å². The highest BCUT2D eigenvalue weighted by molar-refractivity contribution is 9.11. The van der Waals surface area contributed by atoms with E-state index in [1.807, 2.05) is 0 Å². The molecule has 346 valence electrons. The summed E-state index contributed by atoms with van der Waals surface area (Å²) in [6.45, 7) is 11.7. The molecule has 5 aromatic carbocycles. The molecule has 1 nitrogen and oxygen atoms in total. The minimum atomic E-state index is -0.0558. The molecule has 0 radical (unpaired) electrons. The monoisotopic (exact) mass is 1000 g/mol. The quantitative estimate of drug-likeness (QED) is 0.0578. The first-order valence-electron chi connectivity index (χ1n) is 26.2. The Morgan fingerprint density at radius 3 is 1.59 bits per heavy atom. The zero-order valence-corrected chi connectivity index (χ0v) is 44.1. The van der Waals surface area contributed by atoms with E-state index in [1.165, 1.54) is 190 Å². The zero-order valence-electron chi connectivity index (χ0n) is 40.9. The summed E-state index contributed by atoms with van der Waals surface area (Å²) in [5.41, 5.74) is 19.6. The van der Waals surface area contributed by atoms with Gasteiger partial charge in [0.05, 0.1) is 11.4 Å². The van der Waals surface area contributed by atoms with Gasteiger partial charge in [0.25, 0.3) is 0 Å². The molecule has 0 amide bonds. The molecule has 8 rings (SSSR count). The summed E-state index contributed by atoms with van der Waals surface area (Å²) in [5, 5.41) is 0. The average Bonchev–Trinajstić information content (AvgIpc) is 3.66. The number of halogens is 2. The van der Waals surface area contributed by atoms with Crippen molar-refractivity contribution in [3.8, 4) is 22.3 Å². The number of allylic oxidation sites excluding steroid dienone is 4. The Morgan fingerprint density at radius 2 is 0.970 bits per heavy atom. The van der Waals surface area contributed by atoms with Gasteiger partial charge >= 0.3 is 0 Å². The topological polar surface area (TPSA) is 12.4 Å². The van der Waals surface area contributed by atoms with Crippen LogP contribution < -0.4 is 0 Å². The molecule has 0 spiro atoms. The van der Waals surface area contributed by atoms with E-state index in [0.29, 0.717) is 0 Å². The minimum Gasteiger partial charge on any atom is -0.246 e. The Labute approximate surface area is 416 Å². The van der Waals surface area contributed by atoms with E-state index in [9.17, 15) is 0 Å². The van der Waals surface area contributed by atoms with E-state index in [4.69, 9.17) is 4.99 Å². The van der Waals surface area contributed by atoms with Gasteiger partial charge in [0.2, 0.25) is 0 Å². The molecule has 66 heavy (non-hydrogen) atoms. The van der Waals surface area contributed by atoms with E-state index in [-0.39, 0.29) is 10.8 Å². The number of unbranched alkanes of at least 4 members (excludes halogenated alkanes) is 15. The van der Waals surface area contributed by atoms with Crippen LogP contribution in [0.1, 0.15) is 208 Å². The standard InChI is InChI=1S/C63H75Br2N/c1-6-10-13-16-19-26-39-62(5)53-31-24-22-29-48(53)50-35-33-46(43-55(50)62)52-42-45(9-4)59-57(64)37-38-58(65)61(59)66-60(52)47-34-36-51-49-30-23-25-32-54(49)63(56(51)44-47,40-27-20-17-14-11-7-2)41-28-21-18-15-12-8-3/h9,22-25,29-38,42-44H,6-8,10-21,26-28,39-41H2,1-5H3. The number of hydrogen-bond acceptors (Lipinski definition) is 1. The first-order valence-corrected chi connectivity index (χ1v) is 27.8. The molecule has 2 aliphatic carbocycles. The van der Waals surface area contributed by atoms with Crippen molar-refractivity contribution in [3.05, 3.63) is 157 Å². The highest BCUT2D eigenvalue weighted by Crippen LogP contribution is 2.56. The molecule has 0 N–H and O–H groups in total. The number of rotatable bonds is 23. The third kappa shape index (κ3) is 9.87. The first-order chi connectivity index (χ1) is 32.3. The molecule has 3 aliphatic rings. The molecule has 1 aliphatic heterocycles. The van der Waals surface area contributed by atoms with Crippen LogP contribution in [0.2, 0.25) is 0 Å². The van der Waals surface area contributed by atoms with E-state index in [1.54, 1.807) is 5.56 Å². The Bertz CT molecular complexity index is 2550. The normalized spacial score (nSPS) is 17.2. The molecular formula is C63H75Br2N. The van der Waals surface area contributed by atoms with Gasteiger partial charge in [0, 0.05) is 36.5 Å². The molecular weight excluding hydrogens is 931 g/mol. The summed E-state index contributed by atoms with van der Waals surface area (Å²) < 4.78 is 2.07. The van der Waals surface area contributed by atoms with Gasteiger partial charge < -0.3 is 0 Å². The lowest BCUT2D eigenvalue weighted by Crippen LogP contribution is -2.26. The molecule has 0 saturated carbocycles. The van der Waals surface area contributed by atoms with Crippen molar-refractivity contribution in [2.24, 2.45) is 4.99 Å². The van der Waals surface area contributed by atoms with E-state index in [2.05, 4.69) is 176 Å². The van der Waals surface area contributed by atoms with Gasteiger partial charge in [-0.2, -0.15) is 0 Å². The molecule has 0 bridgehead atoms. The number of aliphatic imine (C=N–C) groups is 1. The molecule has 1 heterocycles. The molecule has 0 fully saturated rings. The highest BCUT2D eigenvalue weighted by Gasteiger charge is 2.43. The maximum Gasteiger partial charge on any atom is 0.0868 e. The number of fused-ring (bicyclic) bond motifs is 7. The lowest BCUT2D eigenvalue weighted by Gasteiger charge is -2.33. The Balaban J connectivity index is 1.26. The van der Waals surface area contributed by atoms with Gasteiger partial charge in [-0.3, -0.25) is 0 Å². The van der Waals surface area contributed by atoms with Crippen molar-refractivity contribution in [1.29, 1.82) is 0 Å². The van der Waals surface area contributed by atoms with Gasteiger partial charge in [-0.15, -0.1) is 0 Å². The molecule has 3 heteroatoms. The van der Waals surface area contributed by atoms with Crippen LogP contribution in [0.15, 0.2) is 123 Å². The zero-order chi connectivity index (χ0) is 46.1. The first kappa shape index (κ1) is 48.7. The smallest absolute Gasteiger partial charge is 0.0868 e. The number of hydrogen-bond donors (Lipinski definition) is 0. The summed E-state index contributed by atoms with van der Waals surface area (Å²) >= 11 is 8.01. The van der Waals surface area contributed by atoms with Crippen molar-refractivity contribution in [2.45, 2.75) is 180 Å². The van der Waals surface area contributed by atoms with Crippen molar-refractivity contribution in [3.63, 3.8) is 0 Å². The Hall–Kier alpha value is -3.79. The molecule has 5 aromatic rings. The van der Waals surface area contributed by atoms with Crippen molar-refractivity contribution < 1.29 is 0 Å². The van der Waals surface area contributed by atoms with Gasteiger partial charge in [0.1, 0.15) is 0 Å². The molecule has 1 atom stereocenters. The van der Waals surface area contributed by atoms with E-state index < -0.39 is 0 Å². The molecule has 0 aromatic heterocycles. The van der Waals surface area contributed by atoms with E-state index in [0.717, 1.165) is 32.3 Å². The fourth-order valence-electron chi connectivity index (χ4n) is 12.0. The second-order valence-electron chi connectivity index (χ2n) is 20.1. The third-order valence-electron chi connectivity index (χ3n) is 15.7. The summed E-state index contributed by atoms with van der Waals surface area (Å²) in [6.07, 6.45) is 31.9. The second-order valence-corrected chi connectivity index (χ2v) is 21.8. The lowest BCUT2D eigenvalue weighted by atomic mass is 9.70. The largest absolute Gasteiger partial charge is 0.246 e. The lowest BCUT2D eigenvalue weighted by molar-refractivity contribution is 0.398. The molecule has 0 saturated heterocycles. The predicted molar refractivity (Wildman–Crippen MR) is 295 cm³/mol. The van der Waals surface area contributed by atoms with Crippen LogP contribution in [0.25, 0.3) is 33.4 Å². The van der Waals surface area contributed by atoms with Gasteiger partial charge in [-0.25, -0.2) is 4.99 Å². The summed E-state index contributed by atoms with van der Waals surface area (Å²) in [5.74, 6) is 0. The number of nitrogens with zero attached hydrogens (tertiary/aromatic N) is 1. The van der Waals surface area contributed by atoms with Crippen LogP contribution in [-0.4, -0.2) is 5.71 Å².